The molecule has 0 saturated heterocycles. The molecule has 2 aromatic heterocycles. The minimum absolute atomic E-state index is 0.170. The number of nitrogens with one attached hydrogen (secondary N) is 3. The molecule has 0 unspecified atom stereocenters. The molecule has 0 aliphatic rings. The minimum Gasteiger partial charge on any atom is -0.347 e. The largest absolute Gasteiger partial charge is 0.347 e. The maximum absolute atomic E-state index is 13.3. The monoisotopic (exact) mass is 412 g/mol. The number of benzene rings is 2. The van der Waals surface area contributed by atoms with Crippen LogP contribution in [0.2, 0.25) is 0 Å². The number of rotatable bonds is 5. The van der Waals surface area contributed by atoms with Gasteiger partial charge in [0.2, 0.25) is 0 Å². The Bertz CT molecular complexity index is 1180. The first-order valence-corrected chi connectivity index (χ1v) is 9.39. The Hall–Kier alpha value is -3.59. The summed E-state index contributed by atoms with van der Waals surface area (Å²) in [4.78, 5) is 25.1. The van der Waals surface area contributed by atoms with Crippen LogP contribution in [0, 0.1) is 11.6 Å². The first-order valence-electron chi connectivity index (χ1n) is 8.57. The van der Waals surface area contributed by atoms with Crippen LogP contribution in [0.25, 0.3) is 10.2 Å². The number of aromatic amines is 1. The molecule has 0 aliphatic heterocycles. The molecule has 0 bridgehead atoms. The molecule has 29 heavy (non-hydrogen) atoms. The summed E-state index contributed by atoms with van der Waals surface area (Å²) in [5.74, 6) is -2.48. The van der Waals surface area contributed by atoms with E-state index in [0.29, 0.717) is 27.7 Å². The number of carbonyl (C=O) groups is 2. The highest BCUT2D eigenvalue weighted by Crippen LogP contribution is 2.30. The molecule has 9 heteroatoms. The van der Waals surface area contributed by atoms with Gasteiger partial charge in [-0.2, -0.15) is 5.10 Å². The van der Waals surface area contributed by atoms with Gasteiger partial charge in [0, 0.05) is 18.2 Å². The highest BCUT2D eigenvalue weighted by atomic mass is 32.1. The number of fused-ring (bicyclic) bond motifs is 1. The summed E-state index contributed by atoms with van der Waals surface area (Å²) in [5, 5.41) is 12.1. The van der Waals surface area contributed by atoms with Crippen molar-refractivity contribution in [2.45, 2.75) is 6.54 Å². The van der Waals surface area contributed by atoms with Gasteiger partial charge >= 0.3 is 0 Å². The SMILES string of the molecule is O=C(Nc1n[nH]c2cc(C(=O)NCc3ccccc3)sc12)c1cc(F)cc(F)c1. The Labute approximate surface area is 167 Å². The van der Waals surface area contributed by atoms with E-state index in [1.807, 2.05) is 30.3 Å². The van der Waals surface area contributed by atoms with Crippen LogP contribution in [-0.2, 0) is 6.54 Å². The Kier molecular flexibility index (Phi) is 5.05. The summed E-state index contributed by atoms with van der Waals surface area (Å²) < 4.78 is 27.2. The van der Waals surface area contributed by atoms with E-state index in [1.165, 1.54) is 0 Å². The number of nitrogens with zero attached hydrogens (tertiary/aromatic N) is 1. The Morgan fingerprint density at radius 1 is 1.00 bits per heavy atom. The molecule has 4 rings (SSSR count). The average Bonchev–Trinajstić information content (AvgIpc) is 3.28. The van der Waals surface area contributed by atoms with Gasteiger partial charge in [0.25, 0.3) is 11.8 Å². The summed E-state index contributed by atoms with van der Waals surface area (Å²) in [6, 6.07) is 13.7. The maximum Gasteiger partial charge on any atom is 0.261 e. The Morgan fingerprint density at radius 3 is 2.45 bits per heavy atom. The van der Waals surface area contributed by atoms with E-state index in [9.17, 15) is 18.4 Å². The van der Waals surface area contributed by atoms with E-state index in [0.717, 1.165) is 29.0 Å². The van der Waals surface area contributed by atoms with E-state index in [1.54, 1.807) is 6.07 Å². The van der Waals surface area contributed by atoms with Crippen LogP contribution in [0.1, 0.15) is 25.6 Å². The molecule has 0 saturated carbocycles. The zero-order valence-corrected chi connectivity index (χ0v) is 15.6. The number of thiophene rings is 1. The molecule has 2 aromatic carbocycles. The number of anilines is 1. The lowest BCUT2D eigenvalue weighted by molar-refractivity contribution is 0.0954. The standard InChI is InChI=1S/C20H14F2N4O2S/c21-13-6-12(7-14(22)8-13)19(27)24-18-17-15(25-26-18)9-16(29-17)20(28)23-10-11-4-2-1-3-5-11/h1-9H,10H2,(H,23,28)(H2,24,25,26,27). The second-order valence-corrected chi connectivity index (χ2v) is 7.26. The lowest BCUT2D eigenvalue weighted by Crippen LogP contribution is -2.21. The molecule has 3 N–H and O–H groups in total. The average molecular weight is 412 g/mol. The van der Waals surface area contributed by atoms with E-state index in [-0.39, 0.29) is 17.3 Å². The van der Waals surface area contributed by atoms with Crippen molar-refractivity contribution in [1.29, 1.82) is 0 Å². The highest BCUT2D eigenvalue weighted by molar-refractivity contribution is 7.21. The normalized spacial score (nSPS) is 10.8. The molecule has 0 fully saturated rings. The van der Waals surface area contributed by atoms with Crippen molar-refractivity contribution in [2.24, 2.45) is 0 Å². The summed E-state index contributed by atoms with van der Waals surface area (Å²) in [6.45, 7) is 0.387. The zero-order valence-electron chi connectivity index (χ0n) is 14.8. The number of H-pyrrole nitrogens is 1. The predicted octanol–water partition coefficient (Wildman–Crippen LogP) is 4.08. The van der Waals surface area contributed by atoms with Crippen LogP contribution in [-0.4, -0.2) is 22.0 Å². The molecular formula is C20H14F2N4O2S. The third-order valence-corrected chi connectivity index (χ3v) is 5.25. The van der Waals surface area contributed by atoms with E-state index in [4.69, 9.17) is 0 Å². The first kappa shape index (κ1) is 18.8. The van der Waals surface area contributed by atoms with Gasteiger partial charge < -0.3 is 10.6 Å². The van der Waals surface area contributed by atoms with Crippen LogP contribution < -0.4 is 10.6 Å². The van der Waals surface area contributed by atoms with Crippen LogP contribution >= 0.6 is 11.3 Å². The number of amides is 2. The number of halogens is 2. The zero-order chi connectivity index (χ0) is 20.4. The fourth-order valence-corrected chi connectivity index (χ4v) is 3.71. The summed E-state index contributed by atoms with van der Waals surface area (Å²) >= 11 is 1.15. The second kappa shape index (κ2) is 7.80. The quantitative estimate of drug-likeness (QED) is 0.462. The van der Waals surface area contributed by atoms with Crippen molar-refractivity contribution in [2.75, 3.05) is 5.32 Å². The van der Waals surface area contributed by atoms with Gasteiger partial charge in [-0.15, -0.1) is 11.3 Å². The van der Waals surface area contributed by atoms with Crippen molar-refractivity contribution < 1.29 is 18.4 Å². The second-order valence-electron chi connectivity index (χ2n) is 6.21. The predicted molar refractivity (Wildman–Crippen MR) is 106 cm³/mol. The smallest absolute Gasteiger partial charge is 0.261 e. The number of hydrogen-bond acceptors (Lipinski definition) is 4. The Balaban J connectivity index is 1.49. The van der Waals surface area contributed by atoms with Crippen molar-refractivity contribution >= 4 is 39.2 Å². The number of hydrogen-bond donors (Lipinski definition) is 3. The molecule has 0 radical (unpaired) electrons. The fourth-order valence-electron chi connectivity index (χ4n) is 2.74. The van der Waals surface area contributed by atoms with Crippen molar-refractivity contribution in [1.82, 2.24) is 15.5 Å². The summed E-state index contributed by atoms with van der Waals surface area (Å²) in [7, 11) is 0. The lowest BCUT2D eigenvalue weighted by atomic mass is 10.2. The van der Waals surface area contributed by atoms with Gasteiger partial charge in [-0.1, -0.05) is 30.3 Å². The van der Waals surface area contributed by atoms with Gasteiger partial charge in [0.15, 0.2) is 5.82 Å². The van der Waals surface area contributed by atoms with Crippen molar-refractivity contribution in [3.05, 3.63) is 82.2 Å². The lowest BCUT2D eigenvalue weighted by Gasteiger charge is -2.04. The van der Waals surface area contributed by atoms with Gasteiger partial charge in [0.05, 0.1) is 15.1 Å². The molecule has 2 heterocycles. The van der Waals surface area contributed by atoms with Gasteiger partial charge in [-0.05, 0) is 23.8 Å². The third kappa shape index (κ3) is 4.14. The van der Waals surface area contributed by atoms with Crippen molar-refractivity contribution in [3.63, 3.8) is 0 Å². The van der Waals surface area contributed by atoms with Gasteiger partial charge in [0.1, 0.15) is 11.6 Å². The molecule has 4 aromatic rings. The van der Waals surface area contributed by atoms with Gasteiger partial charge in [-0.3, -0.25) is 14.7 Å². The molecule has 0 aliphatic carbocycles. The molecule has 2 amide bonds. The van der Waals surface area contributed by atoms with Crippen LogP contribution in [0.15, 0.2) is 54.6 Å². The highest BCUT2D eigenvalue weighted by Gasteiger charge is 2.18. The van der Waals surface area contributed by atoms with Gasteiger partial charge in [-0.25, -0.2) is 8.78 Å². The molecule has 6 nitrogen and oxygen atoms in total. The molecular weight excluding hydrogens is 398 g/mol. The fraction of sp³-hybridized carbons (Fsp3) is 0.0500. The molecule has 146 valence electrons. The van der Waals surface area contributed by atoms with E-state index >= 15 is 0 Å². The molecule has 0 atom stereocenters. The van der Waals surface area contributed by atoms with E-state index < -0.39 is 17.5 Å². The summed E-state index contributed by atoms with van der Waals surface area (Å²) in [5.41, 5.74) is 1.37. The number of aromatic nitrogens is 2. The van der Waals surface area contributed by atoms with E-state index in [2.05, 4.69) is 20.8 Å². The minimum atomic E-state index is -0.851. The van der Waals surface area contributed by atoms with Crippen LogP contribution in [0.3, 0.4) is 0 Å². The number of carbonyl (C=O) groups excluding carboxylic acids is 2. The third-order valence-electron chi connectivity index (χ3n) is 4.11. The molecule has 0 spiro atoms. The van der Waals surface area contributed by atoms with Crippen molar-refractivity contribution in [3.8, 4) is 0 Å². The maximum atomic E-state index is 13.3. The Morgan fingerprint density at radius 2 is 1.72 bits per heavy atom. The van der Waals surface area contributed by atoms with Crippen LogP contribution in [0.4, 0.5) is 14.6 Å². The topological polar surface area (TPSA) is 86.9 Å². The summed E-state index contributed by atoms with van der Waals surface area (Å²) in [6.07, 6.45) is 0. The first-order chi connectivity index (χ1) is 14.0. The van der Waals surface area contributed by atoms with Crippen LogP contribution in [0.5, 0.6) is 0 Å².